The van der Waals surface area contributed by atoms with E-state index in [-0.39, 0.29) is 0 Å². The van der Waals surface area contributed by atoms with Crippen molar-refractivity contribution in [2.24, 2.45) is 29.1 Å². The summed E-state index contributed by atoms with van der Waals surface area (Å²) in [6, 6.07) is 0. The molecule has 1 heteroatoms. The van der Waals surface area contributed by atoms with Crippen LogP contribution in [0.2, 0.25) is 0 Å². The van der Waals surface area contributed by atoms with Crippen molar-refractivity contribution < 1.29 is 0 Å². The number of thioether (sulfide) groups is 1. The van der Waals surface area contributed by atoms with Crippen LogP contribution in [0.1, 0.15) is 129 Å². The predicted molar refractivity (Wildman–Crippen MR) is 126 cm³/mol. The fourth-order valence-electron chi connectivity index (χ4n) is 7.52. The van der Waals surface area contributed by atoms with Crippen LogP contribution in [0.15, 0.2) is 0 Å². The molecule has 4 saturated carbocycles. The minimum atomic E-state index is 0.831. The van der Waals surface area contributed by atoms with Gasteiger partial charge in [0, 0.05) is 5.25 Å². The highest BCUT2D eigenvalue weighted by atomic mass is 32.2. The van der Waals surface area contributed by atoms with Gasteiger partial charge in [0.1, 0.15) is 0 Å². The highest BCUT2D eigenvalue weighted by Gasteiger charge is 2.48. The van der Waals surface area contributed by atoms with Gasteiger partial charge in [-0.05, 0) is 92.6 Å². The van der Waals surface area contributed by atoms with Crippen LogP contribution < -0.4 is 0 Å². The number of hydrogen-bond donors (Lipinski definition) is 0. The highest BCUT2D eigenvalue weighted by Crippen LogP contribution is 2.60. The molecule has 0 nitrogen and oxygen atoms in total. The third-order valence-corrected chi connectivity index (χ3v) is 11.0. The quantitative estimate of drug-likeness (QED) is 0.369. The largest absolute Gasteiger partial charge is 0.159 e. The summed E-state index contributed by atoms with van der Waals surface area (Å²) >= 11 is 2.28. The van der Waals surface area contributed by atoms with Gasteiger partial charge in [0.25, 0.3) is 0 Å². The molecule has 0 saturated heterocycles. The molecule has 0 aromatic carbocycles. The zero-order chi connectivity index (χ0) is 19.2. The van der Waals surface area contributed by atoms with Gasteiger partial charge in [-0.3, -0.25) is 0 Å². The van der Waals surface area contributed by atoms with Crippen LogP contribution in [0.5, 0.6) is 0 Å². The Hall–Kier alpha value is 0.350. The Kier molecular flexibility index (Phi) is 8.16. The lowest BCUT2D eigenvalue weighted by Crippen LogP contribution is -2.26. The summed E-state index contributed by atoms with van der Waals surface area (Å²) in [4.78, 5) is 0. The summed E-state index contributed by atoms with van der Waals surface area (Å²) in [5.41, 5.74) is 0.831. The molecule has 0 spiro atoms. The van der Waals surface area contributed by atoms with Crippen LogP contribution >= 0.6 is 11.8 Å². The Morgan fingerprint density at radius 2 is 1.54 bits per heavy atom. The first-order valence-corrected chi connectivity index (χ1v) is 14.5. The maximum absolute atomic E-state index is 2.33. The normalized spacial score (nSPS) is 36.3. The zero-order valence-corrected chi connectivity index (χ0v) is 19.8. The van der Waals surface area contributed by atoms with Gasteiger partial charge < -0.3 is 0 Å². The lowest BCUT2D eigenvalue weighted by atomic mass is 9.69. The maximum Gasteiger partial charge on any atom is 0.00472 e. The average Bonchev–Trinajstić information content (AvgIpc) is 3.54. The topological polar surface area (TPSA) is 0 Å². The second-order valence-corrected chi connectivity index (χ2v) is 12.7. The van der Waals surface area contributed by atoms with Crippen molar-refractivity contribution in [1.82, 2.24) is 0 Å². The Labute approximate surface area is 180 Å². The predicted octanol–water partition coefficient (Wildman–Crippen LogP) is 9.03. The van der Waals surface area contributed by atoms with E-state index in [0.717, 1.165) is 34.3 Å². The second kappa shape index (κ2) is 10.6. The number of hydrogen-bond acceptors (Lipinski definition) is 1. The molecule has 0 heterocycles. The van der Waals surface area contributed by atoms with Crippen LogP contribution in [0, 0.1) is 29.1 Å². The molecule has 0 N–H and O–H groups in total. The molecule has 162 valence electrons. The summed E-state index contributed by atoms with van der Waals surface area (Å²) in [7, 11) is 0. The Bertz CT molecular complexity index is 439. The van der Waals surface area contributed by atoms with Crippen LogP contribution in [0.25, 0.3) is 0 Å². The lowest BCUT2D eigenvalue weighted by molar-refractivity contribution is 0.148. The minimum Gasteiger partial charge on any atom is -0.159 e. The summed E-state index contributed by atoms with van der Waals surface area (Å²) in [6.45, 7) is 2.33. The van der Waals surface area contributed by atoms with E-state index in [0.29, 0.717) is 0 Å². The van der Waals surface area contributed by atoms with E-state index in [1.165, 1.54) is 44.3 Å². The lowest BCUT2D eigenvalue weighted by Gasteiger charge is -2.37. The molecule has 2 atom stereocenters. The molecule has 0 aromatic rings. The van der Waals surface area contributed by atoms with E-state index >= 15 is 0 Å². The van der Waals surface area contributed by atoms with E-state index in [1.807, 2.05) is 0 Å². The Balaban J connectivity index is 1.16. The minimum absolute atomic E-state index is 0.831. The van der Waals surface area contributed by atoms with E-state index in [1.54, 1.807) is 83.5 Å². The van der Waals surface area contributed by atoms with Crippen molar-refractivity contribution in [1.29, 1.82) is 0 Å². The molecule has 4 rings (SSSR count). The summed E-state index contributed by atoms with van der Waals surface area (Å²) in [6.07, 6.45) is 29.5. The Morgan fingerprint density at radius 3 is 2.25 bits per heavy atom. The molecule has 0 amide bonds. The monoisotopic (exact) mass is 404 g/mol. The molecule has 4 fully saturated rings. The molecule has 28 heavy (non-hydrogen) atoms. The third-order valence-electron chi connectivity index (χ3n) is 9.42. The van der Waals surface area contributed by atoms with Crippen molar-refractivity contribution in [2.45, 2.75) is 134 Å². The van der Waals surface area contributed by atoms with E-state index in [2.05, 4.69) is 18.7 Å². The van der Waals surface area contributed by atoms with Crippen molar-refractivity contribution in [3.05, 3.63) is 0 Å². The fraction of sp³-hybridized carbons (Fsp3) is 1.00. The van der Waals surface area contributed by atoms with Crippen molar-refractivity contribution >= 4 is 11.8 Å². The third kappa shape index (κ3) is 5.73. The van der Waals surface area contributed by atoms with Gasteiger partial charge in [-0.15, -0.1) is 0 Å². The van der Waals surface area contributed by atoms with E-state index < -0.39 is 0 Å². The van der Waals surface area contributed by atoms with Crippen molar-refractivity contribution in [3.8, 4) is 0 Å². The molecule has 0 aromatic heterocycles. The van der Waals surface area contributed by atoms with E-state index in [9.17, 15) is 0 Å². The zero-order valence-electron chi connectivity index (χ0n) is 18.9. The maximum atomic E-state index is 2.33. The van der Waals surface area contributed by atoms with Gasteiger partial charge in [0.2, 0.25) is 0 Å². The van der Waals surface area contributed by atoms with Crippen LogP contribution in [0.3, 0.4) is 0 Å². The first-order chi connectivity index (χ1) is 13.8. The molecule has 4 aliphatic carbocycles. The molecule has 0 bridgehead atoms. The first kappa shape index (κ1) is 21.6. The van der Waals surface area contributed by atoms with Crippen LogP contribution in [0.4, 0.5) is 0 Å². The van der Waals surface area contributed by atoms with Gasteiger partial charge >= 0.3 is 0 Å². The van der Waals surface area contributed by atoms with Crippen LogP contribution in [-0.2, 0) is 0 Å². The first-order valence-electron chi connectivity index (χ1n) is 13.4. The standard InChI is InChI=1S/C27H48S/c1-2-20-28-26-15-13-25(14-16-26)27(18-19-27)17-7-9-22-8-6-12-24(21-22)23-10-4-3-5-11-23/h22-26H,2-21H2,1H3. The second-order valence-electron chi connectivity index (χ2n) is 11.3. The molecule has 0 radical (unpaired) electrons. The average molecular weight is 405 g/mol. The molecule has 4 aliphatic rings. The summed E-state index contributed by atoms with van der Waals surface area (Å²) < 4.78 is 0. The number of rotatable bonds is 9. The van der Waals surface area contributed by atoms with Crippen molar-refractivity contribution in [3.63, 3.8) is 0 Å². The van der Waals surface area contributed by atoms with Gasteiger partial charge in [0.15, 0.2) is 0 Å². The van der Waals surface area contributed by atoms with Gasteiger partial charge in [-0.2, -0.15) is 11.8 Å². The molecular formula is C27H48S. The van der Waals surface area contributed by atoms with Gasteiger partial charge in [-0.1, -0.05) is 71.1 Å². The molecule has 0 aliphatic heterocycles. The van der Waals surface area contributed by atoms with Gasteiger partial charge in [-0.25, -0.2) is 0 Å². The SMILES string of the molecule is CCCSC1CCC(C2(CCCC3CCCC(C4CCCCC4)C3)CC2)CC1. The van der Waals surface area contributed by atoms with Crippen molar-refractivity contribution in [2.75, 3.05) is 5.75 Å². The van der Waals surface area contributed by atoms with E-state index in [4.69, 9.17) is 0 Å². The molecule has 2 unspecified atom stereocenters. The highest BCUT2D eigenvalue weighted by molar-refractivity contribution is 7.99. The van der Waals surface area contributed by atoms with Crippen LogP contribution in [-0.4, -0.2) is 11.0 Å². The Morgan fingerprint density at radius 1 is 0.786 bits per heavy atom. The smallest absolute Gasteiger partial charge is 0.00472 e. The summed E-state index contributed by atoms with van der Waals surface area (Å²) in [5, 5.41) is 1.01. The van der Waals surface area contributed by atoms with Gasteiger partial charge in [0.05, 0.1) is 0 Å². The molecular weight excluding hydrogens is 356 g/mol. The summed E-state index contributed by atoms with van der Waals surface area (Å²) in [5.74, 6) is 5.82. The fourth-order valence-corrected chi connectivity index (χ4v) is 8.70.